The van der Waals surface area contributed by atoms with Crippen molar-refractivity contribution < 1.29 is 14.4 Å². The lowest BCUT2D eigenvalue weighted by atomic mass is 9.90. The highest BCUT2D eigenvalue weighted by atomic mass is 16.2. The number of carbonyl (C=O) groups is 3. The van der Waals surface area contributed by atoms with E-state index in [0.29, 0.717) is 19.3 Å². The van der Waals surface area contributed by atoms with Crippen LogP contribution in [0, 0.1) is 0 Å². The molecule has 2 heterocycles. The molecule has 5 nitrogen and oxygen atoms in total. The Morgan fingerprint density at radius 3 is 2.44 bits per heavy atom. The molecule has 0 aromatic heterocycles. The number of anilines is 1. The van der Waals surface area contributed by atoms with Gasteiger partial charge in [-0.15, -0.1) is 0 Å². The monoisotopic (exact) mass is 334 g/mol. The highest BCUT2D eigenvalue weighted by molar-refractivity contribution is 6.08. The topological polar surface area (TPSA) is 66.5 Å². The number of nitrogens with zero attached hydrogens (tertiary/aromatic N) is 1. The van der Waals surface area contributed by atoms with Crippen LogP contribution in [0.3, 0.4) is 0 Å². The number of hydrogen-bond donors (Lipinski definition) is 1. The number of imide groups is 1. The first-order chi connectivity index (χ1) is 12.1. The lowest BCUT2D eigenvalue weighted by Crippen LogP contribution is -2.55. The minimum atomic E-state index is -0.615. The fourth-order valence-corrected chi connectivity index (χ4v) is 3.71. The minimum Gasteiger partial charge on any atom is -0.300 e. The van der Waals surface area contributed by atoms with Crippen molar-refractivity contribution in [2.24, 2.45) is 0 Å². The largest absolute Gasteiger partial charge is 0.300 e. The maximum absolute atomic E-state index is 12.6. The number of piperidine rings is 1. The van der Waals surface area contributed by atoms with E-state index < -0.39 is 6.04 Å². The molecule has 0 spiro atoms. The number of carbonyl (C=O) groups excluding carboxylic acids is 3. The summed E-state index contributed by atoms with van der Waals surface area (Å²) in [6.45, 7) is 0. The quantitative estimate of drug-likeness (QED) is 0.858. The molecular weight excluding hydrogens is 316 g/mol. The minimum absolute atomic E-state index is 0.0628. The molecule has 1 saturated heterocycles. The molecule has 4 rings (SSSR count). The van der Waals surface area contributed by atoms with Gasteiger partial charge in [-0.1, -0.05) is 42.5 Å². The number of rotatable bonds is 2. The molecule has 2 aromatic rings. The third-order valence-electron chi connectivity index (χ3n) is 4.87. The zero-order valence-electron chi connectivity index (χ0n) is 13.7. The molecule has 0 aliphatic carbocycles. The lowest BCUT2D eigenvalue weighted by molar-refractivity contribution is -0.135. The third-order valence-corrected chi connectivity index (χ3v) is 4.87. The van der Waals surface area contributed by atoms with Gasteiger partial charge in [0.2, 0.25) is 17.7 Å². The number of amides is 3. The van der Waals surface area contributed by atoms with Crippen molar-refractivity contribution in [2.75, 3.05) is 4.90 Å². The van der Waals surface area contributed by atoms with Crippen LogP contribution >= 0.6 is 0 Å². The Morgan fingerprint density at radius 2 is 1.68 bits per heavy atom. The molecule has 1 atom stereocenters. The van der Waals surface area contributed by atoms with Crippen LogP contribution in [0.15, 0.2) is 48.5 Å². The van der Waals surface area contributed by atoms with E-state index in [1.165, 1.54) is 0 Å². The van der Waals surface area contributed by atoms with Crippen LogP contribution in [0.5, 0.6) is 0 Å². The molecule has 1 N–H and O–H groups in total. The van der Waals surface area contributed by atoms with E-state index in [1.54, 1.807) is 4.90 Å². The Morgan fingerprint density at radius 1 is 0.880 bits per heavy atom. The van der Waals surface area contributed by atoms with Gasteiger partial charge in [-0.25, -0.2) is 0 Å². The molecule has 0 radical (unpaired) electrons. The van der Waals surface area contributed by atoms with Gasteiger partial charge >= 0.3 is 0 Å². The molecule has 2 aliphatic rings. The van der Waals surface area contributed by atoms with Crippen LogP contribution in [-0.2, 0) is 20.8 Å². The van der Waals surface area contributed by atoms with Crippen molar-refractivity contribution in [3.8, 4) is 11.1 Å². The molecular formula is C20H18N2O3. The van der Waals surface area contributed by atoms with E-state index in [1.807, 2.05) is 48.5 Å². The fourth-order valence-electron chi connectivity index (χ4n) is 3.71. The number of nitrogens with one attached hydrogen (secondary N) is 1. The zero-order chi connectivity index (χ0) is 17.4. The van der Waals surface area contributed by atoms with Gasteiger partial charge in [0.1, 0.15) is 6.04 Å². The van der Waals surface area contributed by atoms with E-state index in [4.69, 9.17) is 0 Å². The van der Waals surface area contributed by atoms with Crippen LogP contribution in [0.4, 0.5) is 5.69 Å². The first-order valence-corrected chi connectivity index (χ1v) is 8.48. The molecule has 5 heteroatoms. The number of hydrogen-bond acceptors (Lipinski definition) is 3. The normalized spacial score (nSPS) is 20.2. The summed E-state index contributed by atoms with van der Waals surface area (Å²) < 4.78 is 0. The standard InChI is InChI=1S/C20H18N2O3/c23-18-11-10-17(20(25)21-18)22-16-8-4-7-14(13-5-2-1-3-6-13)15(16)9-12-19(22)24/h1-8,17H,9-12H2,(H,21,23,25). The van der Waals surface area contributed by atoms with E-state index in [0.717, 1.165) is 22.4 Å². The summed E-state index contributed by atoms with van der Waals surface area (Å²) in [5.74, 6) is -0.723. The second-order valence-corrected chi connectivity index (χ2v) is 6.40. The van der Waals surface area contributed by atoms with E-state index in [9.17, 15) is 14.4 Å². The Balaban J connectivity index is 1.79. The Bertz CT molecular complexity index is 860. The van der Waals surface area contributed by atoms with Gasteiger partial charge in [0, 0.05) is 18.5 Å². The summed E-state index contributed by atoms with van der Waals surface area (Å²) in [7, 11) is 0. The van der Waals surface area contributed by atoms with E-state index >= 15 is 0 Å². The van der Waals surface area contributed by atoms with Crippen molar-refractivity contribution in [2.45, 2.75) is 31.7 Å². The first-order valence-electron chi connectivity index (χ1n) is 8.48. The smallest absolute Gasteiger partial charge is 0.249 e. The van der Waals surface area contributed by atoms with E-state index in [2.05, 4.69) is 5.32 Å². The summed E-state index contributed by atoms with van der Waals surface area (Å²) in [5, 5.41) is 2.35. The molecule has 2 aliphatic heterocycles. The molecule has 1 fully saturated rings. The van der Waals surface area contributed by atoms with Gasteiger partial charge in [-0.05, 0) is 35.6 Å². The first kappa shape index (κ1) is 15.6. The summed E-state index contributed by atoms with van der Waals surface area (Å²) >= 11 is 0. The average molecular weight is 334 g/mol. The molecule has 1 unspecified atom stereocenters. The van der Waals surface area contributed by atoms with Crippen LogP contribution in [0.2, 0.25) is 0 Å². The highest BCUT2D eigenvalue weighted by Gasteiger charge is 2.38. The Kier molecular flexibility index (Phi) is 3.84. The number of benzene rings is 2. The maximum atomic E-state index is 12.6. The second kappa shape index (κ2) is 6.16. The van der Waals surface area contributed by atoms with Crippen LogP contribution in [0.1, 0.15) is 24.8 Å². The predicted octanol–water partition coefficient (Wildman–Crippen LogP) is 2.44. The van der Waals surface area contributed by atoms with E-state index in [-0.39, 0.29) is 24.1 Å². The van der Waals surface area contributed by atoms with Crippen molar-refractivity contribution in [3.63, 3.8) is 0 Å². The maximum Gasteiger partial charge on any atom is 0.249 e. The second-order valence-electron chi connectivity index (χ2n) is 6.40. The highest BCUT2D eigenvalue weighted by Crippen LogP contribution is 2.37. The van der Waals surface area contributed by atoms with Crippen molar-refractivity contribution >= 4 is 23.4 Å². The van der Waals surface area contributed by atoms with Gasteiger partial charge in [0.15, 0.2) is 0 Å². The molecule has 2 aromatic carbocycles. The summed E-state index contributed by atoms with van der Waals surface area (Å²) in [6, 6.07) is 15.3. The molecule has 0 bridgehead atoms. The Hall–Kier alpha value is -2.95. The summed E-state index contributed by atoms with van der Waals surface area (Å²) in [4.78, 5) is 37.9. The molecule has 0 saturated carbocycles. The van der Waals surface area contributed by atoms with Gasteiger partial charge in [0.05, 0.1) is 0 Å². The fraction of sp³-hybridized carbons (Fsp3) is 0.250. The van der Waals surface area contributed by atoms with Crippen molar-refractivity contribution in [1.29, 1.82) is 0 Å². The predicted molar refractivity (Wildman–Crippen MR) is 93.9 cm³/mol. The van der Waals surface area contributed by atoms with Gasteiger partial charge in [-0.2, -0.15) is 0 Å². The van der Waals surface area contributed by atoms with Crippen molar-refractivity contribution in [1.82, 2.24) is 5.32 Å². The average Bonchev–Trinajstić information content (AvgIpc) is 2.63. The number of fused-ring (bicyclic) bond motifs is 1. The van der Waals surface area contributed by atoms with Gasteiger partial charge < -0.3 is 0 Å². The SMILES string of the molecule is O=C1CCC(N2C(=O)CCc3c(-c4ccccc4)cccc32)C(=O)N1. The molecule has 25 heavy (non-hydrogen) atoms. The van der Waals surface area contributed by atoms with Crippen molar-refractivity contribution in [3.05, 3.63) is 54.1 Å². The Labute approximate surface area is 145 Å². The molecule has 126 valence electrons. The zero-order valence-corrected chi connectivity index (χ0v) is 13.7. The van der Waals surface area contributed by atoms with Gasteiger partial charge in [-0.3, -0.25) is 24.6 Å². The van der Waals surface area contributed by atoms with Crippen LogP contribution < -0.4 is 10.2 Å². The molecule has 3 amide bonds. The van der Waals surface area contributed by atoms with Gasteiger partial charge in [0.25, 0.3) is 0 Å². The summed E-state index contributed by atoms with van der Waals surface area (Å²) in [5.41, 5.74) is 4.05. The third kappa shape index (κ3) is 2.71. The van der Waals surface area contributed by atoms with Crippen LogP contribution in [-0.4, -0.2) is 23.8 Å². The summed E-state index contributed by atoms with van der Waals surface area (Å²) in [6.07, 6.45) is 1.65. The van der Waals surface area contributed by atoms with Crippen LogP contribution in [0.25, 0.3) is 11.1 Å². The lowest BCUT2D eigenvalue weighted by Gasteiger charge is -2.37.